The van der Waals surface area contributed by atoms with Crippen LogP contribution in [-0.4, -0.2) is 31.8 Å². The molecule has 4 nitrogen and oxygen atoms in total. The number of rotatable bonds is 6. The van der Waals surface area contributed by atoms with Crippen molar-refractivity contribution in [3.8, 4) is 0 Å². The van der Waals surface area contributed by atoms with Gasteiger partial charge in [-0.3, -0.25) is 0 Å². The van der Waals surface area contributed by atoms with E-state index in [1.165, 1.54) is 28.5 Å². The molecule has 2 N–H and O–H groups in total. The third kappa shape index (κ3) is 3.68. The predicted molar refractivity (Wildman–Crippen MR) is 80.8 cm³/mol. The van der Waals surface area contributed by atoms with Crippen molar-refractivity contribution in [1.82, 2.24) is 4.98 Å². The van der Waals surface area contributed by atoms with Gasteiger partial charge in [-0.1, -0.05) is 13.3 Å². The van der Waals surface area contributed by atoms with Crippen molar-refractivity contribution in [2.45, 2.75) is 39.2 Å². The molecule has 2 rings (SSSR count). The van der Waals surface area contributed by atoms with Gasteiger partial charge in [0.25, 0.3) is 0 Å². The third-order valence-corrected chi connectivity index (χ3v) is 4.91. The van der Waals surface area contributed by atoms with Crippen LogP contribution in [0.25, 0.3) is 0 Å². The van der Waals surface area contributed by atoms with E-state index in [0.29, 0.717) is 12.5 Å². The first kappa shape index (κ1) is 14.8. The molecule has 0 atom stereocenters. The van der Waals surface area contributed by atoms with Crippen molar-refractivity contribution in [2.75, 3.05) is 31.7 Å². The Morgan fingerprint density at radius 2 is 2.16 bits per heavy atom. The summed E-state index contributed by atoms with van der Waals surface area (Å²) < 4.78 is 5.25. The summed E-state index contributed by atoms with van der Waals surface area (Å²) in [6, 6.07) is 0. The van der Waals surface area contributed by atoms with E-state index >= 15 is 0 Å². The fourth-order valence-electron chi connectivity index (χ4n) is 2.62. The van der Waals surface area contributed by atoms with Crippen LogP contribution in [0.15, 0.2) is 0 Å². The summed E-state index contributed by atoms with van der Waals surface area (Å²) in [5, 5.41) is 1.17. The third-order valence-electron chi connectivity index (χ3n) is 3.73. The van der Waals surface area contributed by atoms with E-state index in [0.717, 1.165) is 32.5 Å². The zero-order chi connectivity index (χ0) is 13.7. The quantitative estimate of drug-likeness (QED) is 0.871. The Hall–Kier alpha value is -0.650. The lowest BCUT2D eigenvalue weighted by molar-refractivity contribution is 0.139. The van der Waals surface area contributed by atoms with Crippen molar-refractivity contribution in [1.29, 1.82) is 0 Å². The maximum absolute atomic E-state index is 5.82. The summed E-state index contributed by atoms with van der Waals surface area (Å²) in [6.45, 7) is 5.89. The number of methoxy groups -OCH3 is 1. The zero-order valence-electron chi connectivity index (χ0n) is 12.0. The van der Waals surface area contributed by atoms with Gasteiger partial charge in [0.15, 0.2) is 5.13 Å². The Kier molecular flexibility index (Phi) is 5.60. The number of nitrogens with two attached hydrogens (primary N) is 1. The molecule has 1 aliphatic rings. The standard InChI is InChI=1S/C14H25N3OS/c1-3-4-12-13(9-15)19-14(16-12)17-7-5-11(6-8-17)10-18-2/h11H,3-10,15H2,1-2H3. The molecule has 0 amide bonds. The summed E-state index contributed by atoms with van der Waals surface area (Å²) in [7, 11) is 1.79. The van der Waals surface area contributed by atoms with E-state index in [4.69, 9.17) is 15.5 Å². The highest BCUT2D eigenvalue weighted by Gasteiger charge is 2.22. The molecular weight excluding hydrogens is 258 g/mol. The summed E-state index contributed by atoms with van der Waals surface area (Å²) in [5.74, 6) is 0.713. The van der Waals surface area contributed by atoms with Gasteiger partial charge in [-0.25, -0.2) is 4.98 Å². The van der Waals surface area contributed by atoms with Gasteiger partial charge in [0.2, 0.25) is 0 Å². The molecule has 0 unspecified atom stereocenters. The Morgan fingerprint density at radius 1 is 1.42 bits per heavy atom. The Labute approximate surface area is 120 Å². The number of nitrogens with zero attached hydrogens (tertiary/aromatic N) is 2. The second-order valence-electron chi connectivity index (χ2n) is 5.21. The van der Waals surface area contributed by atoms with E-state index < -0.39 is 0 Å². The van der Waals surface area contributed by atoms with E-state index in [1.54, 1.807) is 18.4 Å². The number of aromatic nitrogens is 1. The van der Waals surface area contributed by atoms with Crippen LogP contribution in [0.5, 0.6) is 0 Å². The summed E-state index contributed by atoms with van der Waals surface area (Å²) >= 11 is 1.78. The van der Waals surface area contributed by atoms with Gasteiger partial charge in [0.05, 0.1) is 5.69 Å². The van der Waals surface area contributed by atoms with E-state index in [1.807, 2.05) is 0 Å². The van der Waals surface area contributed by atoms with Gasteiger partial charge in [0, 0.05) is 38.2 Å². The van der Waals surface area contributed by atoms with Crippen LogP contribution in [0.1, 0.15) is 36.8 Å². The first-order valence-electron chi connectivity index (χ1n) is 7.21. The predicted octanol–water partition coefficient (Wildman–Crippen LogP) is 2.42. The molecule has 108 valence electrons. The molecule has 0 radical (unpaired) electrons. The fraction of sp³-hybridized carbons (Fsp3) is 0.786. The van der Waals surface area contributed by atoms with Gasteiger partial charge in [-0.05, 0) is 25.2 Å². The minimum Gasteiger partial charge on any atom is -0.384 e. The van der Waals surface area contributed by atoms with Gasteiger partial charge in [0.1, 0.15) is 0 Å². The number of hydrogen-bond acceptors (Lipinski definition) is 5. The van der Waals surface area contributed by atoms with Crippen molar-refractivity contribution in [3.05, 3.63) is 10.6 Å². The second kappa shape index (κ2) is 7.22. The van der Waals surface area contributed by atoms with Crippen LogP contribution in [0.2, 0.25) is 0 Å². The molecule has 0 aliphatic carbocycles. The number of anilines is 1. The average Bonchev–Trinajstić information content (AvgIpc) is 2.84. The smallest absolute Gasteiger partial charge is 0.185 e. The Bertz CT molecular complexity index is 386. The molecule has 0 spiro atoms. The molecule has 0 aromatic carbocycles. The first-order valence-corrected chi connectivity index (χ1v) is 8.02. The van der Waals surface area contributed by atoms with E-state index in [-0.39, 0.29) is 0 Å². The molecule has 1 aromatic rings. The Balaban J connectivity index is 1.99. The normalized spacial score (nSPS) is 17.1. The van der Waals surface area contributed by atoms with Gasteiger partial charge in [-0.2, -0.15) is 0 Å². The highest BCUT2D eigenvalue weighted by Crippen LogP contribution is 2.30. The van der Waals surface area contributed by atoms with Crippen molar-refractivity contribution in [2.24, 2.45) is 11.7 Å². The SMILES string of the molecule is CCCc1nc(N2CCC(COC)CC2)sc1CN. The maximum Gasteiger partial charge on any atom is 0.185 e. The lowest BCUT2D eigenvalue weighted by atomic mass is 9.98. The molecule has 5 heteroatoms. The average molecular weight is 283 g/mol. The lowest BCUT2D eigenvalue weighted by Gasteiger charge is -2.31. The zero-order valence-corrected chi connectivity index (χ0v) is 12.8. The first-order chi connectivity index (χ1) is 9.28. The summed E-state index contributed by atoms with van der Waals surface area (Å²) in [4.78, 5) is 8.47. The van der Waals surface area contributed by atoms with Crippen molar-refractivity contribution >= 4 is 16.5 Å². The van der Waals surface area contributed by atoms with Crippen LogP contribution in [0.3, 0.4) is 0 Å². The number of aryl methyl sites for hydroxylation is 1. The molecule has 19 heavy (non-hydrogen) atoms. The minimum atomic E-state index is 0.618. The van der Waals surface area contributed by atoms with Gasteiger partial charge < -0.3 is 15.4 Å². The van der Waals surface area contributed by atoms with Crippen molar-refractivity contribution in [3.63, 3.8) is 0 Å². The van der Waals surface area contributed by atoms with Gasteiger partial charge in [-0.15, -0.1) is 11.3 Å². The second-order valence-corrected chi connectivity index (χ2v) is 6.27. The molecule has 0 saturated carbocycles. The fourth-order valence-corrected chi connectivity index (χ4v) is 3.66. The highest BCUT2D eigenvalue weighted by atomic mass is 32.1. The van der Waals surface area contributed by atoms with Crippen LogP contribution in [0.4, 0.5) is 5.13 Å². The van der Waals surface area contributed by atoms with Crippen LogP contribution in [0, 0.1) is 5.92 Å². The van der Waals surface area contributed by atoms with Crippen LogP contribution in [-0.2, 0) is 17.7 Å². The van der Waals surface area contributed by atoms with Crippen LogP contribution >= 0.6 is 11.3 Å². The molecule has 2 heterocycles. The van der Waals surface area contributed by atoms with Gasteiger partial charge >= 0.3 is 0 Å². The van der Waals surface area contributed by atoms with E-state index in [9.17, 15) is 0 Å². The topological polar surface area (TPSA) is 51.4 Å². The minimum absolute atomic E-state index is 0.618. The maximum atomic E-state index is 5.82. The molecule has 1 fully saturated rings. The summed E-state index contributed by atoms with van der Waals surface area (Å²) in [5.41, 5.74) is 7.03. The number of hydrogen-bond donors (Lipinski definition) is 1. The Morgan fingerprint density at radius 3 is 2.74 bits per heavy atom. The lowest BCUT2D eigenvalue weighted by Crippen LogP contribution is -2.34. The summed E-state index contributed by atoms with van der Waals surface area (Å²) in [6.07, 6.45) is 4.58. The molecule has 0 bridgehead atoms. The molecular formula is C14H25N3OS. The van der Waals surface area contributed by atoms with Crippen LogP contribution < -0.4 is 10.6 Å². The highest BCUT2D eigenvalue weighted by molar-refractivity contribution is 7.15. The number of piperidine rings is 1. The van der Waals surface area contributed by atoms with Crippen molar-refractivity contribution < 1.29 is 4.74 Å². The monoisotopic (exact) mass is 283 g/mol. The number of thiazole rings is 1. The molecule has 1 aromatic heterocycles. The molecule has 1 aliphatic heterocycles. The van der Waals surface area contributed by atoms with E-state index in [2.05, 4.69) is 11.8 Å². The molecule has 1 saturated heterocycles. The number of ether oxygens (including phenoxy) is 1. The largest absolute Gasteiger partial charge is 0.384 e.